The van der Waals surface area contributed by atoms with Crippen molar-refractivity contribution in [1.29, 1.82) is 0 Å². The Balaban J connectivity index is 2.08. The molecular weight excluding hydrogens is 322 g/mol. The maximum absolute atomic E-state index is 12.0. The predicted molar refractivity (Wildman–Crippen MR) is 81.7 cm³/mol. The van der Waals surface area contributed by atoms with Gasteiger partial charge in [-0.3, -0.25) is 4.79 Å². The molecule has 0 aliphatic heterocycles. The normalized spacial score (nSPS) is 10.2. The topological polar surface area (TPSA) is 69.6 Å². The number of hydrogen-bond acceptors (Lipinski definition) is 3. The van der Waals surface area contributed by atoms with Gasteiger partial charge >= 0.3 is 0 Å². The zero-order valence-corrected chi connectivity index (χ0v) is 12.2. The number of benzene rings is 2. The molecule has 0 bridgehead atoms. The minimum Gasteiger partial charge on any atom is -0.504 e. The second-order valence-corrected chi connectivity index (χ2v) is 5.09. The Hall–Kier alpha value is -2.01. The molecule has 0 heterocycles. The number of rotatable bonds is 4. The molecule has 0 saturated heterocycles. The van der Waals surface area contributed by atoms with E-state index in [9.17, 15) is 15.0 Å². The summed E-state index contributed by atoms with van der Waals surface area (Å²) >= 11 is 3.37. The molecule has 0 aliphatic rings. The summed E-state index contributed by atoms with van der Waals surface area (Å²) in [6, 6.07) is 11.5. The molecule has 2 aromatic rings. The number of halogens is 1. The lowest BCUT2D eigenvalue weighted by atomic mass is 10.1. The van der Waals surface area contributed by atoms with Crippen LogP contribution in [0.25, 0.3) is 0 Å². The van der Waals surface area contributed by atoms with Crippen LogP contribution in [0.1, 0.15) is 15.9 Å². The van der Waals surface area contributed by atoms with Gasteiger partial charge in [0.05, 0.1) is 0 Å². The van der Waals surface area contributed by atoms with Crippen molar-refractivity contribution in [2.45, 2.75) is 6.42 Å². The Bertz CT molecular complexity index is 611. The van der Waals surface area contributed by atoms with Crippen LogP contribution in [0.5, 0.6) is 11.5 Å². The van der Waals surface area contributed by atoms with Crippen molar-refractivity contribution in [3.05, 3.63) is 53.6 Å². The number of amides is 1. The van der Waals surface area contributed by atoms with Gasteiger partial charge in [-0.05, 0) is 42.3 Å². The fourth-order valence-corrected chi connectivity index (χ4v) is 2.19. The molecule has 0 atom stereocenters. The van der Waals surface area contributed by atoms with Crippen molar-refractivity contribution in [2.24, 2.45) is 0 Å². The Kier molecular flexibility index (Phi) is 4.63. The number of carbonyl (C=O) groups excluding carboxylic acids is 1. The lowest BCUT2D eigenvalue weighted by Crippen LogP contribution is -2.11. The van der Waals surface area contributed by atoms with Gasteiger partial charge in [0.1, 0.15) is 0 Å². The second-order valence-electron chi connectivity index (χ2n) is 4.29. The largest absolute Gasteiger partial charge is 0.504 e. The van der Waals surface area contributed by atoms with E-state index in [0.717, 1.165) is 11.8 Å². The van der Waals surface area contributed by atoms with Crippen LogP contribution in [0, 0.1) is 0 Å². The Morgan fingerprint density at radius 2 is 1.75 bits per heavy atom. The molecule has 4 nitrogen and oxygen atoms in total. The summed E-state index contributed by atoms with van der Waals surface area (Å²) in [5.41, 5.74) is 2.15. The van der Waals surface area contributed by atoms with Crippen LogP contribution in [0.3, 0.4) is 0 Å². The molecule has 20 heavy (non-hydrogen) atoms. The Morgan fingerprint density at radius 3 is 2.35 bits per heavy atom. The SMILES string of the molecule is O=C(Nc1ccc(CCBr)cc1)c1ccc(O)c(O)c1. The molecule has 5 heteroatoms. The number of alkyl halides is 1. The van der Waals surface area contributed by atoms with Crippen LogP contribution in [-0.2, 0) is 6.42 Å². The summed E-state index contributed by atoms with van der Waals surface area (Å²) in [4.78, 5) is 12.0. The third-order valence-corrected chi connectivity index (χ3v) is 3.23. The summed E-state index contributed by atoms with van der Waals surface area (Å²) < 4.78 is 0. The molecule has 0 radical (unpaired) electrons. The van der Waals surface area contributed by atoms with E-state index in [4.69, 9.17) is 0 Å². The van der Waals surface area contributed by atoms with Crippen molar-refractivity contribution >= 4 is 27.5 Å². The van der Waals surface area contributed by atoms with E-state index < -0.39 is 0 Å². The smallest absolute Gasteiger partial charge is 0.255 e. The highest BCUT2D eigenvalue weighted by Crippen LogP contribution is 2.25. The Labute approximate surface area is 125 Å². The number of anilines is 1. The molecule has 1 amide bonds. The predicted octanol–water partition coefficient (Wildman–Crippen LogP) is 3.29. The quantitative estimate of drug-likeness (QED) is 0.593. The molecule has 2 rings (SSSR count). The standard InChI is InChI=1S/C15H14BrNO3/c16-8-7-10-1-4-12(5-2-10)17-15(20)11-3-6-13(18)14(19)9-11/h1-6,9,18-19H,7-8H2,(H,17,20). The van der Waals surface area contributed by atoms with Gasteiger partial charge in [-0.1, -0.05) is 28.1 Å². The lowest BCUT2D eigenvalue weighted by Gasteiger charge is -2.07. The van der Waals surface area contributed by atoms with Gasteiger partial charge in [-0.25, -0.2) is 0 Å². The minimum absolute atomic E-state index is 0.249. The van der Waals surface area contributed by atoms with Gasteiger partial charge < -0.3 is 15.5 Å². The number of phenols is 2. The maximum Gasteiger partial charge on any atom is 0.255 e. The van der Waals surface area contributed by atoms with Crippen LogP contribution >= 0.6 is 15.9 Å². The van der Waals surface area contributed by atoms with E-state index in [-0.39, 0.29) is 23.0 Å². The molecule has 0 fully saturated rings. The van der Waals surface area contributed by atoms with Crippen molar-refractivity contribution in [3.63, 3.8) is 0 Å². The van der Waals surface area contributed by atoms with Gasteiger partial charge in [0, 0.05) is 16.6 Å². The zero-order chi connectivity index (χ0) is 14.5. The third kappa shape index (κ3) is 3.51. The van der Waals surface area contributed by atoms with E-state index >= 15 is 0 Å². The van der Waals surface area contributed by atoms with Gasteiger partial charge in [0.15, 0.2) is 11.5 Å². The highest BCUT2D eigenvalue weighted by molar-refractivity contribution is 9.09. The third-order valence-electron chi connectivity index (χ3n) is 2.83. The first-order valence-electron chi connectivity index (χ1n) is 6.08. The first kappa shape index (κ1) is 14.4. The first-order chi connectivity index (χ1) is 9.60. The summed E-state index contributed by atoms with van der Waals surface area (Å²) in [6.45, 7) is 0. The van der Waals surface area contributed by atoms with Crippen LogP contribution in [0.2, 0.25) is 0 Å². The number of aromatic hydroxyl groups is 2. The van der Waals surface area contributed by atoms with E-state index in [1.807, 2.05) is 24.3 Å². The van der Waals surface area contributed by atoms with Crippen LogP contribution < -0.4 is 5.32 Å². The molecule has 3 N–H and O–H groups in total. The monoisotopic (exact) mass is 335 g/mol. The van der Waals surface area contributed by atoms with Crippen LogP contribution in [0.4, 0.5) is 5.69 Å². The fourth-order valence-electron chi connectivity index (χ4n) is 1.73. The Morgan fingerprint density at radius 1 is 1.05 bits per heavy atom. The average Bonchev–Trinajstić information content (AvgIpc) is 2.44. The fraction of sp³-hybridized carbons (Fsp3) is 0.133. The molecule has 2 aromatic carbocycles. The molecule has 0 saturated carbocycles. The molecule has 0 aromatic heterocycles. The van der Waals surface area contributed by atoms with Gasteiger partial charge in [0.25, 0.3) is 5.91 Å². The summed E-state index contributed by atoms with van der Waals surface area (Å²) in [5, 5.41) is 22.2. The van der Waals surface area contributed by atoms with Gasteiger partial charge in [-0.15, -0.1) is 0 Å². The molecule has 0 aliphatic carbocycles. The number of phenolic OH excluding ortho intramolecular Hbond substituents is 2. The van der Waals surface area contributed by atoms with E-state index in [2.05, 4.69) is 21.2 Å². The van der Waals surface area contributed by atoms with Crippen molar-refractivity contribution in [3.8, 4) is 11.5 Å². The van der Waals surface area contributed by atoms with Crippen LogP contribution in [-0.4, -0.2) is 21.5 Å². The van der Waals surface area contributed by atoms with E-state index in [1.54, 1.807) is 0 Å². The van der Waals surface area contributed by atoms with E-state index in [1.165, 1.54) is 23.8 Å². The lowest BCUT2D eigenvalue weighted by molar-refractivity contribution is 0.102. The minimum atomic E-state index is -0.339. The second kappa shape index (κ2) is 6.43. The first-order valence-corrected chi connectivity index (χ1v) is 7.20. The van der Waals surface area contributed by atoms with Crippen molar-refractivity contribution in [1.82, 2.24) is 0 Å². The van der Waals surface area contributed by atoms with Gasteiger partial charge in [-0.2, -0.15) is 0 Å². The van der Waals surface area contributed by atoms with E-state index in [0.29, 0.717) is 5.69 Å². The number of aryl methyl sites for hydroxylation is 1. The highest BCUT2D eigenvalue weighted by Gasteiger charge is 2.09. The van der Waals surface area contributed by atoms with Crippen molar-refractivity contribution < 1.29 is 15.0 Å². The molecule has 0 spiro atoms. The zero-order valence-electron chi connectivity index (χ0n) is 10.6. The molecular formula is C15H14BrNO3. The number of hydrogen-bond donors (Lipinski definition) is 3. The number of carbonyl (C=O) groups is 1. The van der Waals surface area contributed by atoms with Crippen molar-refractivity contribution in [2.75, 3.05) is 10.6 Å². The maximum atomic E-state index is 12.0. The highest BCUT2D eigenvalue weighted by atomic mass is 79.9. The molecule has 0 unspecified atom stereocenters. The van der Waals surface area contributed by atoms with Crippen LogP contribution in [0.15, 0.2) is 42.5 Å². The number of nitrogens with one attached hydrogen (secondary N) is 1. The van der Waals surface area contributed by atoms with Gasteiger partial charge in [0.2, 0.25) is 0 Å². The molecule has 104 valence electrons. The average molecular weight is 336 g/mol. The summed E-state index contributed by atoms with van der Waals surface area (Å²) in [5.74, 6) is -0.903. The summed E-state index contributed by atoms with van der Waals surface area (Å²) in [6.07, 6.45) is 0.931. The summed E-state index contributed by atoms with van der Waals surface area (Å²) in [7, 11) is 0.